The summed E-state index contributed by atoms with van der Waals surface area (Å²) in [6.07, 6.45) is 0. The van der Waals surface area contributed by atoms with Crippen molar-refractivity contribution in [2.75, 3.05) is 0 Å². The molecule has 0 aliphatic rings. The molecule has 0 aliphatic carbocycles. The molecular formula is C15H15Cl2N3O. The quantitative estimate of drug-likeness (QED) is 0.771. The maximum Gasteiger partial charge on any atom is 0.153 e. The number of aryl methyl sites for hydroxylation is 2. The molecule has 4 nitrogen and oxygen atoms in total. The van der Waals surface area contributed by atoms with Crippen LogP contribution in [0.5, 0.6) is 0 Å². The highest BCUT2D eigenvalue weighted by Crippen LogP contribution is 2.34. The van der Waals surface area contributed by atoms with Gasteiger partial charge in [-0.3, -0.25) is 4.68 Å². The average Bonchev–Trinajstić information content (AvgIpc) is 2.92. The Kier molecular flexibility index (Phi) is 3.48. The molecule has 0 radical (unpaired) electrons. The predicted octanol–water partition coefficient (Wildman–Crippen LogP) is 4.14. The van der Waals surface area contributed by atoms with Crippen molar-refractivity contribution in [3.63, 3.8) is 0 Å². The maximum atomic E-state index is 6.36. The molecule has 0 amide bonds. The van der Waals surface area contributed by atoms with Gasteiger partial charge in [0.2, 0.25) is 0 Å². The Hall–Kier alpha value is -1.49. The van der Waals surface area contributed by atoms with Crippen LogP contribution in [0.25, 0.3) is 11.0 Å². The number of fused-ring (bicyclic) bond motifs is 1. The summed E-state index contributed by atoms with van der Waals surface area (Å²) in [7, 11) is 1.90. The summed E-state index contributed by atoms with van der Waals surface area (Å²) in [5.41, 5.74) is 9.85. The zero-order chi connectivity index (χ0) is 15.3. The molecule has 3 rings (SSSR count). The van der Waals surface area contributed by atoms with E-state index in [-0.39, 0.29) is 6.04 Å². The van der Waals surface area contributed by atoms with Crippen LogP contribution < -0.4 is 5.73 Å². The van der Waals surface area contributed by atoms with Crippen molar-refractivity contribution >= 4 is 34.2 Å². The van der Waals surface area contributed by atoms with E-state index in [2.05, 4.69) is 5.10 Å². The summed E-state index contributed by atoms with van der Waals surface area (Å²) in [5, 5.41) is 6.29. The second kappa shape index (κ2) is 5.05. The fourth-order valence-electron chi connectivity index (χ4n) is 2.63. The third kappa shape index (κ3) is 2.33. The highest BCUT2D eigenvalue weighted by molar-refractivity contribution is 6.38. The molecule has 1 unspecified atom stereocenters. The summed E-state index contributed by atoms with van der Waals surface area (Å²) < 4.78 is 7.65. The topological polar surface area (TPSA) is 57.0 Å². The number of rotatable bonds is 2. The molecule has 110 valence electrons. The first kappa shape index (κ1) is 14.4. The first-order valence-electron chi connectivity index (χ1n) is 6.52. The van der Waals surface area contributed by atoms with Crippen LogP contribution in [-0.4, -0.2) is 9.78 Å². The van der Waals surface area contributed by atoms with Gasteiger partial charge in [0.25, 0.3) is 0 Å². The monoisotopic (exact) mass is 323 g/mol. The minimum Gasteiger partial charge on any atom is -0.457 e. The molecule has 21 heavy (non-hydrogen) atoms. The molecule has 2 N–H and O–H groups in total. The van der Waals surface area contributed by atoms with Gasteiger partial charge >= 0.3 is 0 Å². The fourth-order valence-corrected chi connectivity index (χ4v) is 3.18. The van der Waals surface area contributed by atoms with Crippen molar-refractivity contribution in [1.29, 1.82) is 0 Å². The van der Waals surface area contributed by atoms with E-state index in [0.717, 1.165) is 22.3 Å². The maximum absolute atomic E-state index is 6.36. The lowest BCUT2D eigenvalue weighted by molar-refractivity contribution is 0.523. The standard InChI is InChI=1S/C15H15Cl2N3O/c1-7-13(8(2)20(3)19-7)14(18)12-5-9-4-10(16)6-11(17)15(9)21-12/h4-6,14H,18H2,1-3H3. The smallest absolute Gasteiger partial charge is 0.153 e. The number of furan rings is 1. The minimum absolute atomic E-state index is 0.388. The molecule has 1 atom stereocenters. The normalized spacial score (nSPS) is 13.0. The lowest BCUT2D eigenvalue weighted by Crippen LogP contribution is -2.13. The van der Waals surface area contributed by atoms with Crippen LogP contribution in [0.3, 0.4) is 0 Å². The van der Waals surface area contributed by atoms with Gasteiger partial charge in [0.05, 0.1) is 16.8 Å². The molecule has 0 saturated carbocycles. The number of nitrogens with two attached hydrogens (primary N) is 1. The van der Waals surface area contributed by atoms with Crippen molar-refractivity contribution in [2.45, 2.75) is 19.9 Å². The van der Waals surface area contributed by atoms with E-state index in [1.807, 2.05) is 37.7 Å². The Morgan fingerprint density at radius 2 is 1.95 bits per heavy atom. The number of aromatic nitrogens is 2. The van der Waals surface area contributed by atoms with E-state index in [1.54, 1.807) is 6.07 Å². The Morgan fingerprint density at radius 1 is 1.24 bits per heavy atom. The highest BCUT2D eigenvalue weighted by atomic mass is 35.5. The zero-order valence-corrected chi connectivity index (χ0v) is 13.5. The summed E-state index contributed by atoms with van der Waals surface area (Å²) in [4.78, 5) is 0. The molecule has 2 heterocycles. The Bertz CT molecular complexity index is 835. The zero-order valence-electron chi connectivity index (χ0n) is 11.9. The minimum atomic E-state index is -0.388. The summed E-state index contributed by atoms with van der Waals surface area (Å²) in [6, 6.07) is 4.96. The second-order valence-corrected chi connectivity index (χ2v) is 5.98. The van der Waals surface area contributed by atoms with Crippen molar-refractivity contribution in [2.24, 2.45) is 12.8 Å². The summed E-state index contributed by atoms with van der Waals surface area (Å²) in [5.74, 6) is 0.647. The van der Waals surface area contributed by atoms with Crippen molar-refractivity contribution in [1.82, 2.24) is 9.78 Å². The molecule has 2 aromatic heterocycles. The number of hydrogen-bond donors (Lipinski definition) is 1. The van der Waals surface area contributed by atoms with Gasteiger partial charge in [-0.05, 0) is 32.0 Å². The van der Waals surface area contributed by atoms with Crippen LogP contribution in [0.2, 0.25) is 10.0 Å². The Morgan fingerprint density at radius 3 is 2.57 bits per heavy atom. The van der Waals surface area contributed by atoms with Crippen LogP contribution in [-0.2, 0) is 7.05 Å². The van der Waals surface area contributed by atoms with E-state index in [1.165, 1.54) is 0 Å². The summed E-state index contributed by atoms with van der Waals surface area (Å²) in [6.45, 7) is 3.93. The van der Waals surface area contributed by atoms with Gasteiger partial charge < -0.3 is 10.2 Å². The third-order valence-corrected chi connectivity index (χ3v) is 4.24. The SMILES string of the molecule is Cc1nn(C)c(C)c1C(N)c1cc2cc(Cl)cc(Cl)c2o1. The van der Waals surface area contributed by atoms with Gasteiger partial charge in [0, 0.05) is 28.7 Å². The molecular weight excluding hydrogens is 309 g/mol. The Balaban J connectivity index is 2.14. The Labute approximate surface area is 132 Å². The van der Waals surface area contributed by atoms with E-state index in [0.29, 0.717) is 21.4 Å². The van der Waals surface area contributed by atoms with E-state index in [9.17, 15) is 0 Å². The summed E-state index contributed by atoms with van der Waals surface area (Å²) >= 11 is 12.2. The molecule has 0 aliphatic heterocycles. The first-order chi connectivity index (χ1) is 9.88. The number of hydrogen-bond acceptors (Lipinski definition) is 3. The molecule has 0 fully saturated rings. The van der Waals surface area contributed by atoms with E-state index >= 15 is 0 Å². The predicted molar refractivity (Wildman–Crippen MR) is 84.9 cm³/mol. The van der Waals surface area contributed by atoms with Crippen LogP contribution in [0, 0.1) is 13.8 Å². The van der Waals surface area contributed by atoms with Gasteiger partial charge in [-0.25, -0.2) is 0 Å². The molecule has 0 bridgehead atoms. The van der Waals surface area contributed by atoms with E-state index < -0.39 is 0 Å². The van der Waals surface area contributed by atoms with Crippen LogP contribution in [0.4, 0.5) is 0 Å². The molecule has 1 aromatic carbocycles. The van der Waals surface area contributed by atoms with Gasteiger partial charge in [-0.15, -0.1) is 0 Å². The first-order valence-corrected chi connectivity index (χ1v) is 7.28. The van der Waals surface area contributed by atoms with Crippen LogP contribution in [0.1, 0.15) is 28.8 Å². The molecule has 6 heteroatoms. The van der Waals surface area contributed by atoms with E-state index in [4.69, 9.17) is 33.4 Å². The van der Waals surface area contributed by atoms with Crippen LogP contribution in [0.15, 0.2) is 22.6 Å². The van der Waals surface area contributed by atoms with Crippen LogP contribution >= 0.6 is 23.2 Å². The molecule has 3 aromatic rings. The number of nitrogens with zero attached hydrogens (tertiary/aromatic N) is 2. The number of halogens is 2. The fraction of sp³-hybridized carbons (Fsp3) is 0.267. The lowest BCUT2D eigenvalue weighted by Gasteiger charge is -2.09. The lowest BCUT2D eigenvalue weighted by atomic mass is 10.0. The van der Waals surface area contributed by atoms with Crippen molar-refractivity contribution < 1.29 is 4.42 Å². The average molecular weight is 324 g/mol. The largest absolute Gasteiger partial charge is 0.457 e. The van der Waals surface area contributed by atoms with Gasteiger partial charge in [-0.2, -0.15) is 5.10 Å². The van der Waals surface area contributed by atoms with Crippen molar-refractivity contribution in [3.8, 4) is 0 Å². The number of benzene rings is 1. The van der Waals surface area contributed by atoms with Crippen molar-refractivity contribution in [3.05, 3.63) is 51.0 Å². The van der Waals surface area contributed by atoms with Gasteiger partial charge in [0.1, 0.15) is 5.76 Å². The molecule has 0 spiro atoms. The third-order valence-electron chi connectivity index (χ3n) is 3.74. The second-order valence-electron chi connectivity index (χ2n) is 5.14. The molecule has 0 saturated heterocycles. The van der Waals surface area contributed by atoms with Gasteiger partial charge in [0.15, 0.2) is 5.58 Å². The van der Waals surface area contributed by atoms with Gasteiger partial charge in [-0.1, -0.05) is 23.2 Å². The highest BCUT2D eigenvalue weighted by Gasteiger charge is 2.22.